The van der Waals surface area contributed by atoms with Gasteiger partial charge in [-0.3, -0.25) is 4.79 Å². The van der Waals surface area contributed by atoms with Crippen LogP contribution in [0.25, 0.3) is 0 Å². The van der Waals surface area contributed by atoms with Crippen LogP contribution in [-0.2, 0) is 9.53 Å². The summed E-state index contributed by atoms with van der Waals surface area (Å²) in [7, 11) is 0. The van der Waals surface area contributed by atoms with E-state index in [9.17, 15) is 4.79 Å². The van der Waals surface area contributed by atoms with Gasteiger partial charge in [0, 0.05) is 12.6 Å². The van der Waals surface area contributed by atoms with E-state index in [1.54, 1.807) is 0 Å². The van der Waals surface area contributed by atoms with Gasteiger partial charge in [0.05, 0.1) is 12.1 Å². The number of hydrogen-bond acceptors (Lipinski definition) is 3. The van der Waals surface area contributed by atoms with Crippen LogP contribution < -0.4 is 11.1 Å². The van der Waals surface area contributed by atoms with Gasteiger partial charge >= 0.3 is 0 Å². The minimum atomic E-state index is -0.342. The van der Waals surface area contributed by atoms with E-state index in [0.717, 1.165) is 38.7 Å². The molecule has 0 saturated heterocycles. The van der Waals surface area contributed by atoms with E-state index in [1.807, 2.05) is 6.92 Å². The van der Waals surface area contributed by atoms with Crippen molar-refractivity contribution in [2.45, 2.75) is 64.1 Å². The normalized spacial score (nSPS) is 25.9. The Morgan fingerprint density at radius 3 is 2.75 bits per heavy atom. The van der Waals surface area contributed by atoms with Gasteiger partial charge in [-0.25, -0.2) is 0 Å². The first-order valence-corrected chi connectivity index (χ1v) is 6.34. The van der Waals surface area contributed by atoms with Crippen LogP contribution in [0.1, 0.15) is 46.0 Å². The Morgan fingerprint density at radius 2 is 2.19 bits per heavy atom. The lowest BCUT2D eigenvalue weighted by Gasteiger charge is -2.35. The fourth-order valence-corrected chi connectivity index (χ4v) is 1.92. The van der Waals surface area contributed by atoms with E-state index in [1.165, 1.54) is 0 Å². The molecule has 0 aliphatic heterocycles. The smallest absolute Gasteiger partial charge is 0.237 e. The van der Waals surface area contributed by atoms with E-state index < -0.39 is 0 Å². The van der Waals surface area contributed by atoms with Crippen molar-refractivity contribution in [2.75, 3.05) is 6.61 Å². The molecular formula is C12H24N2O2. The SMILES string of the molecule is CCCC[C@H](N)C(=O)NC1CC(OCC)C1. The lowest BCUT2D eigenvalue weighted by Crippen LogP contribution is -2.52. The molecule has 1 rings (SSSR count). The summed E-state index contributed by atoms with van der Waals surface area (Å²) < 4.78 is 5.43. The summed E-state index contributed by atoms with van der Waals surface area (Å²) in [6.07, 6.45) is 5.07. The van der Waals surface area contributed by atoms with Crippen LogP contribution in [0.2, 0.25) is 0 Å². The zero-order chi connectivity index (χ0) is 12.0. The van der Waals surface area contributed by atoms with Gasteiger partial charge in [0.2, 0.25) is 5.91 Å². The maximum atomic E-state index is 11.6. The lowest BCUT2D eigenvalue weighted by atomic mass is 9.89. The zero-order valence-corrected chi connectivity index (χ0v) is 10.4. The molecule has 0 aromatic heterocycles. The fraction of sp³-hybridized carbons (Fsp3) is 0.917. The number of amides is 1. The standard InChI is InChI=1S/C12H24N2O2/c1-3-5-6-11(13)12(15)14-9-7-10(8-9)16-4-2/h9-11H,3-8,13H2,1-2H3,(H,14,15)/t9?,10?,11-/m0/s1. The topological polar surface area (TPSA) is 64.4 Å². The number of carbonyl (C=O) groups is 1. The van der Waals surface area contributed by atoms with Gasteiger partial charge in [-0.15, -0.1) is 0 Å². The zero-order valence-electron chi connectivity index (χ0n) is 10.4. The van der Waals surface area contributed by atoms with Crippen molar-refractivity contribution in [2.24, 2.45) is 5.73 Å². The first-order chi connectivity index (χ1) is 7.67. The Kier molecular flexibility index (Phi) is 5.77. The molecule has 16 heavy (non-hydrogen) atoms. The Bertz CT molecular complexity index is 215. The fourth-order valence-electron chi connectivity index (χ4n) is 1.92. The van der Waals surface area contributed by atoms with Crippen molar-refractivity contribution in [3.8, 4) is 0 Å². The van der Waals surface area contributed by atoms with Gasteiger partial charge in [-0.2, -0.15) is 0 Å². The van der Waals surface area contributed by atoms with Gasteiger partial charge in [0.15, 0.2) is 0 Å². The molecule has 1 amide bonds. The van der Waals surface area contributed by atoms with Crippen LogP contribution in [0.3, 0.4) is 0 Å². The minimum absolute atomic E-state index is 0.00611. The minimum Gasteiger partial charge on any atom is -0.378 e. The highest BCUT2D eigenvalue weighted by Crippen LogP contribution is 2.23. The molecule has 1 saturated carbocycles. The summed E-state index contributed by atoms with van der Waals surface area (Å²) >= 11 is 0. The molecule has 0 spiro atoms. The van der Waals surface area contributed by atoms with E-state index in [4.69, 9.17) is 10.5 Å². The number of nitrogens with two attached hydrogens (primary N) is 1. The third-order valence-corrected chi connectivity index (χ3v) is 3.05. The van der Waals surface area contributed by atoms with Gasteiger partial charge in [-0.1, -0.05) is 19.8 Å². The first-order valence-electron chi connectivity index (χ1n) is 6.34. The maximum Gasteiger partial charge on any atom is 0.237 e. The van der Waals surface area contributed by atoms with Crippen LogP contribution in [0.5, 0.6) is 0 Å². The number of nitrogens with one attached hydrogen (secondary N) is 1. The molecule has 0 heterocycles. The second kappa shape index (κ2) is 6.86. The average molecular weight is 228 g/mol. The summed E-state index contributed by atoms with van der Waals surface area (Å²) in [5, 5.41) is 2.97. The van der Waals surface area contributed by atoms with Gasteiger partial charge in [0.1, 0.15) is 0 Å². The first kappa shape index (κ1) is 13.5. The van der Waals surface area contributed by atoms with Crippen molar-refractivity contribution in [3.63, 3.8) is 0 Å². The van der Waals surface area contributed by atoms with Crippen LogP contribution in [0, 0.1) is 0 Å². The van der Waals surface area contributed by atoms with Crippen molar-refractivity contribution in [1.82, 2.24) is 5.32 Å². The Labute approximate surface area is 97.9 Å². The molecule has 0 bridgehead atoms. The summed E-state index contributed by atoms with van der Waals surface area (Å²) in [4.78, 5) is 11.6. The highest BCUT2D eigenvalue weighted by Gasteiger charge is 2.31. The number of carbonyl (C=O) groups excluding carboxylic acids is 1. The second-order valence-electron chi connectivity index (χ2n) is 4.50. The average Bonchev–Trinajstić information content (AvgIpc) is 2.22. The van der Waals surface area contributed by atoms with Crippen molar-refractivity contribution in [3.05, 3.63) is 0 Å². The summed E-state index contributed by atoms with van der Waals surface area (Å²) in [5.41, 5.74) is 5.78. The van der Waals surface area contributed by atoms with Gasteiger partial charge < -0.3 is 15.8 Å². The molecular weight excluding hydrogens is 204 g/mol. The molecule has 1 aliphatic rings. The predicted molar refractivity (Wildman–Crippen MR) is 64.1 cm³/mol. The summed E-state index contributed by atoms with van der Waals surface area (Å²) in [6.45, 7) is 4.84. The molecule has 4 nitrogen and oxygen atoms in total. The molecule has 94 valence electrons. The van der Waals surface area contributed by atoms with Gasteiger partial charge in [-0.05, 0) is 26.2 Å². The molecule has 0 aromatic rings. The largest absolute Gasteiger partial charge is 0.378 e. The number of rotatable bonds is 7. The third-order valence-electron chi connectivity index (χ3n) is 3.05. The molecule has 1 fully saturated rings. The Hall–Kier alpha value is -0.610. The molecule has 4 heteroatoms. The number of unbranched alkanes of at least 4 members (excludes halogenated alkanes) is 1. The predicted octanol–water partition coefficient (Wildman–Crippen LogP) is 1.19. The van der Waals surface area contributed by atoms with E-state index in [0.29, 0.717) is 6.10 Å². The molecule has 3 N–H and O–H groups in total. The van der Waals surface area contributed by atoms with Crippen LogP contribution in [0.4, 0.5) is 0 Å². The van der Waals surface area contributed by atoms with E-state index in [-0.39, 0.29) is 18.0 Å². The quantitative estimate of drug-likeness (QED) is 0.688. The molecule has 1 atom stereocenters. The highest BCUT2D eigenvalue weighted by atomic mass is 16.5. The molecule has 0 unspecified atom stereocenters. The van der Waals surface area contributed by atoms with Crippen molar-refractivity contribution in [1.29, 1.82) is 0 Å². The van der Waals surface area contributed by atoms with Crippen LogP contribution in [0.15, 0.2) is 0 Å². The van der Waals surface area contributed by atoms with E-state index >= 15 is 0 Å². The summed E-state index contributed by atoms with van der Waals surface area (Å²) in [5.74, 6) is -0.00611. The Balaban J connectivity index is 2.11. The van der Waals surface area contributed by atoms with Crippen LogP contribution >= 0.6 is 0 Å². The third kappa shape index (κ3) is 4.10. The lowest BCUT2D eigenvalue weighted by molar-refractivity contribution is -0.125. The Morgan fingerprint density at radius 1 is 1.50 bits per heavy atom. The number of ether oxygens (including phenoxy) is 1. The monoisotopic (exact) mass is 228 g/mol. The molecule has 1 aliphatic carbocycles. The number of hydrogen-bond donors (Lipinski definition) is 2. The van der Waals surface area contributed by atoms with Crippen molar-refractivity contribution >= 4 is 5.91 Å². The molecule has 0 aromatic carbocycles. The molecule has 0 radical (unpaired) electrons. The van der Waals surface area contributed by atoms with Crippen molar-refractivity contribution < 1.29 is 9.53 Å². The van der Waals surface area contributed by atoms with Crippen LogP contribution in [-0.4, -0.2) is 30.7 Å². The maximum absolute atomic E-state index is 11.6. The van der Waals surface area contributed by atoms with Gasteiger partial charge in [0.25, 0.3) is 0 Å². The second-order valence-corrected chi connectivity index (χ2v) is 4.50. The highest BCUT2D eigenvalue weighted by molar-refractivity contribution is 5.81. The van der Waals surface area contributed by atoms with E-state index in [2.05, 4.69) is 12.2 Å². The summed E-state index contributed by atoms with van der Waals surface area (Å²) in [6, 6.07) is -0.0668.